The molecular weight excluding hydrogens is 354 g/mol. The Balaban J connectivity index is 1.47. The number of methoxy groups -OCH3 is 1. The van der Waals surface area contributed by atoms with Crippen LogP contribution in [0.15, 0.2) is 41.6 Å². The van der Waals surface area contributed by atoms with Gasteiger partial charge in [0.2, 0.25) is 0 Å². The third kappa shape index (κ3) is 3.23. The van der Waals surface area contributed by atoms with Crippen LogP contribution in [0.1, 0.15) is 10.4 Å². The SMILES string of the molecule is COc1ccc2nc(SCC(=O)c3ccc4c(c3)NC(=O)CO4)[nH]c2c1. The minimum absolute atomic E-state index is 0.00696. The number of Topliss-reactive ketones (excluding diaryl/α,β-unsaturated/α-hetero) is 1. The van der Waals surface area contributed by atoms with Crippen LogP contribution in [0.25, 0.3) is 11.0 Å². The van der Waals surface area contributed by atoms with Gasteiger partial charge in [0.1, 0.15) is 11.5 Å². The molecule has 1 amide bonds. The maximum Gasteiger partial charge on any atom is 0.262 e. The van der Waals surface area contributed by atoms with Gasteiger partial charge in [-0.15, -0.1) is 0 Å². The van der Waals surface area contributed by atoms with E-state index in [1.54, 1.807) is 25.3 Å². The molecule has 3 aromatic rings. The molecule has 2 heterocycles. The molecule has 0 saturated heterocycles. The van der Waals surface area contributed by atoms with Gasteiger partial charge in [-0.25, -0.2) is 4.98 Å². The maximum atomic E-state index is 12.5. The van der Waals surface area contributed by atoms with Crippen molar-refractivity contribution in [2.24, 2.45) is 0 Å². The van der Waals surface area contributed by atoms with Gasteiger partial charge in [0.15, 0.2) is 17.5 Å². The van der Waals surface area contributed by atoms with Crippen LogP contribution >= 0.6 is 11.8 Å². The molecule has 1 aliphatic rings. The van der Waals surface area contributed by atoms with Crippen LogP contribution < -0.4 is 14.8 Å². The van der Waals surface area contributed by atoms with Gasteiger partial charge in [-0.05, 0) is 30.3 Å². The molecule has 0 saturated carbocycles. The first-order chi connectivity index (χ1) is 12.6. The zero-order valence-electron chi connectivity index (χ0n) is 13.9. The fraction of sp³-hybridized carbons (Fsp3) is 0.167. The van der Waals surface area contributed by atoms with E-state index in [0.29, 0.717) is 22.2 Å². The minimum Gasteiger partial charge on any atom is -0.497 e. The summed E-state index contributed by atoms with van der Waals surface area (Å²) in [7, 11) is 1.61. The Morgan fingerprint density at radius 1 is 1.31 bits per heavy atom. The van der Waals surface area contributed by atoms with Crippen molar-refractivity contribution in [1.29, 1.82) is 0 Å². The number of ketones is 1. The summed E-state index contributed by atoms with van der Waals surface area (Å²) in [6.07, 6.45) is 0. The van der Waals surface area contributed by atoms with Gasteiger partial charge in [-0.1, -0.05) is 11.8 Å². The Bertz CT molecular complexity index is 1010. The summed E-state index contributed by atoms with van der Waals surface area (Å²) in [6, 6.07) is 10.6. The fourth-order valence-electron chi connectivity index (χ4n) is 2.63. The van der Waals surface area contributed by atoms with Crippen molar-refractivity contribution in [1.82, 2.24) is 9.97 Å². The molecule has 2 aromatic carbocycles. The van der Waals surface area contributed by atoms with E-state index in [1.807, 2.05) is 18.2 Å². The molecule has 0 bridgehead atoms. The molecule has 2 N–H and O–H groups in total. The van der Waals surface area contributed by atoms with Crippen molar-refractivity contribution in [3.05, 3.63) is 42.0 Å². The second kappa shape index (κ2) is 6.72. The van der Waals surface area contributed by atoms with E-state index >= 15 is 0 Å². The molecule has 7 nitrogen and oxygen atoms in total. The van der Waals surface area contributed by atoms with E-state index in [9.17, 15) is 9.59 Å². The zero-order valence-corrected chi connectivity index (χ0v) is 14.7. The fourth-order valence-corrected chi connectivity index (χ4v) is 3.41. The van der Waals surface area contributed by atoms with Crippen LogP contribution in [-0.4, -0.2) is 41.1 Å². The Morgan fingerprint density at radius 3 is 3.04 bits per heavy atom. The molecule has 0 spiro atoms. The van der Waals surface area contributed by atoms with Gasteiger partial charge in [-0.2, -0.15) is 0 Å². The lowest BCUT2D eigenvalue weighted by molar-refractivity contribution is -0.118. The van der Waals surface area contributed by atoms with Crippen molar-refractivity contribution in [3.8, 4) is 11.5 Å². The predicted octanol–water partition coefficient (Wildman–Crippen LogP) is 2.88. The van der Waals surface area contributed by atoms with Crippen LogP contribution in [0, 0.1) is 0 Å². The quantitative estimate of drug-likeness (QED) is 0.531. The highest BCUT2D eigenvalue weighted by atomic mass is 32.2. The molecule has 1 aromatic heterocycles. The van der Waals surface area contributed by atoms with E-state index in [2.05, 4.69) is 15.3 Å². The Kier molecular flexibility index (Phi) is 4.26. The first kappa shape index (κ1) is 16.5. The minimum atomic E-state index is -0.228. The molecule has 0 unspecified atom stereocenters. The van der Waals surface area contributed by atoms with Gasteiger partial charge in [0.05, 0.1) is 29.6 Å². The summed E-state index contributed by atoms with van der Waals surface area (Å²) < 4.78 is 10.5. The van der Waals surface area contributed by atoms with Crippen LogP contribution in [0.5, 0.6) is 11.5 Å². The van der Waals surface area contributed by atoms with E-state index in [1.165, 1.54) is 11.8 Å². The van der Waals surface area contributed by atoms with Crippen molar-refractivity contribution in [2.75, 3.05) is 24.8 Å². The number of ether oxygens (including phenoxy) is 2. The summed E-state index contributed by atoms with van der Waals surface area (Å²) >= 11 is 1.32. The highest BCUT2D eigenvalue weighted by Gasteiger charge is 2.18. The monoisotopic (exact) mass is 369 g/mol. The number of imidazole rings is 1. The molecule has 4 rings (SSSR count). The van der Waals surface area contributed by atoms with E-state index in [-0.39, 0.29) is 24.1 Å². The number of nitrogens with zero attached hydrogens (tertiary/aromatic N) is 1. The number of H-pyrrole nitrogens is 1. The molecule has 0 aliphatic carbocycles. The lowest BCUT2D eigenvalue weighted by atomic mass is 10.1. The van der Waals surface area contributed by atoms with Crippen LogP contribution in [0.4, 0.5) is 5.69 Å². The smallest absolute Gasteiger partial charge is 0.262 e. The molecule has 132 valence electrons. The van der Waals surface area contributed by atoms with Crippen LogP contribution in [0.3, 0.4) is 0 Å². The summed E-state index contributed by atoms with van der Waals surface area (Å²) in [5, 5.41) is 3.37. The number of hydrogen-bond donors (Lipinski definition) is 2. The number of hydrogen-bond acceptors (Lipinski definition) is 6. The number of anilines is 1. The van der Waals surface area contributed by atoms with Gasteiger partial charge in [-0.3, -0.25) is 9.59 Å². The third-order valence-corrected chi connectivity index (χ3v) is 4.82. The second-order valence-corrected chi connectivity index (χ2v) is 6.65. The van der Waals surface area contributed by atoms with Crippen molar-refractivity contribution < 1.29 is 19.1 Å². The van der Waals surface area contributed by atoms with E-state index in [0.717, 1.165) is 16.8 Å². The Hall–Kier alpha value is -3.00. The molecule has 0 fully saturated rings. The van der Waals surface area contributed by atoms with Crippen LogP contribution in [-0.2, 0) is 4.79 Å². The molecule has 8 heteroatoms. The molecule has 1 aliphatic heterocycles. The highest BCUT2D eigenvalue weighted by Crippen LogP contribution is 2.29. The third-order valence-electron chi connectivity index (χ3n) is 3.94. The summed E-state index contributed by atoms with van der Waals surface area (Å²) in [6.45, 7) is -0.00696. The number of thioether (sulfide) groups is 1. The average Bonchev–Trinajstić information content (AvgIpc) is 3.07. The molecule has 26 heavy (non-hydrogen) atoms. The average molecular weight is 369 g/mol. The Morgan fingerprint density at radius 2 is 2.19 bits per heavy atom. The number of aromatic amines is 1. The summed E-state index contributed by atoms with van der Waals surface area (Å²) in [5.41, 5.74) is 2.70. The van der Waals surface area contributed by atoms with Gasteiger partial charge >= 0.3 is 0 Å². The van der Waals surface area contributed by atoms with Gasteiger partial charge in [0.25, 0.3) is 5.91 Å². The number of amides is 1. The van der Waals surface area contributed by atoms with Gasteiger partial charge < -0.3 is 19.8 Å². The summed E-state index contributed by atoms with van der Waals surface area (Å²) in [4.78, 5) is 31.5. The standard InChI is InChI=1S/C18H15N3O4S/c1-24-11-3-4-12-13(7-11)21-18(20-12)26-9-15(22)10-2-5-16-14(6-10)19-17(23)8-25-16/h2-7H,8-9H2,1H3,(H,19,23)(H,20,21). The number of benzene rings is 2. The van der Waals surface area contributed by atoms with Crippen molar-refractivity contribution in [2.45, 2.75) is 5.16 Å². The molecular formula is C18H15N3O4S. The molecule has 0 atom stereocenters. The van der Waals surface area contributed by atoms with Crippen LogP contribution in [0.2, 0.25) is 0 Å². The highest BCUT2D eigenvalue weighted by molar-refractivity contribution is 7.99. The largest absolute Gasteiger partial charge is 0.497 e. The number of fused-ring (bicyclic) bond motifs is 2. The van der Waals surface area contributed by atoms with Crippen molar-refractivity contribution >= 4 is 40.2 Å². The zero-order chi connectivity index (χ0) is 18.1. The summed E-state index contributed by atoms with van der Waals surface area (Å²) in [5.74, 6) is 1.25. The van der Waals surface area contributed by atoms with E-state index in [4.69, 9.17) is 9.47 Å². The Labute approximate surface area is 153 Å². The number of rotatable bonds is 5. The molecule has 0 radical (unpaired) electrons. The topological polar surface area (TPSA) is 93.3 Å². The first-order valence-electron chi connectivity index (χ1n) is 7.89. The number of carbonyl (C=O) groups is 2. The lowest BCUT2D eigenvalue weighted by Crippen LogP contribution is -2.25. The maximum absolute atomic E-state index is 12.5. The lowest BCUT2D eigenvalue weighted by Gasteiger charge is -2.18. The van der Waals surface area contributed by atoms with Crippen molar-refractivity contribution in [3.63, 3.8) is 0 Å². The van der Waals surface area contributed by atoms with E-state index < -0.39 is 0 Å². The first-order valence-corrected chi connectivity index (χ1v) is 8.87. The number of nitrogens with one attached hydrogen (secondary N) is 2. The normalized spacial score (nSPS) is 13.0. The number of aromatic nitrogens is 2. The predicted molar refractivity (Wildman–Crippen MR) is 98.3 cm³/mol. The van der Waals surface area contributed by atoms with Gasteiger partial charge in [0, 0.05) is 11.6 Å². The number of carbonyl (C=O) groups excluding carboxylic acids is 2. The second-order valence-electron chi connectivity index (χ2n) is 5.68.